The van der Waals surface area contributed by atoms with Gasteiger partial charge in [-0.2, -0.15) is 0 Å². The van der Waals surface area contributed by atoms with Gasteiger partial charge in [0.2, 0.25) is 0 Å². The smallest absolute Gasteiger partial charge is 0.190 e. The summed E-state index contributed by atoms with van der Waals surface area (Å²) in [5.74, 6) is -0.661. The van der Waals surface area contributed by atoms with Crippen LogP contribution in [0.2, 0.25) is 0 Å². The molecule has 5 nitrogen and oxygen atoms in total. The average Bonchev–Trinajstić information content (AvgIpc) is 2.81. The molecule has 3 aliphatic heterocycles. The Labute approximate surface area is 81.9 Å². The molecule has 5 heteroatoms. The minimum Gasteiger partial charge on any atom is -0.387 e. The van der Waals surface area contributed by atoms with Crippen molar-refractivity contribution in [2.24, 2.45) is 0 Å². The highest BCUT2D eigenvalue weighted by Crippen LogP contribution is 2.40. The first kappa shape index (κ1) is 9.06. The van der Waals surface area contributed by atoms with Crippen molar-refractivity contribution in [3.05, 3.63) is 0 Å². The quantitative estimate of drug-likeness (QED) is 0.587. The first-order valence-electron chi connectivity index (χ1n) is 4.88. The number of fused-ring (bicyclic) bond motifs is 1. The van der Waals surface area contributed by atoms with Crippen LogP contribution in [0.1, 0.15) is 13.8 Å². The Bertz CT molecular complexity index is 248. The van der Waals surface area contributed by atoms with Crippen LogP contribution in [0.15, 0.2) is 0 Å². The third-order valence-corrected chi connectivity index (χ3v) is 2.78. The number of rotatable bonds is 1. The molecule has 0 aliphatic carbocycles. The van der Waals surface area contributed by atoms with E-state index in [4.69, 9.17) is 18.9 Å². The van der Waals surface area contributed by atoms with Crippen molar-refractivity contribution in [2.45, 2.75) is 50.3 Å². The van der Waals surface area contributed by atoms with Crippen LogP contribution in [-0.4, -0.2) is 48.2 Å². The highest BCUT2D eigenvalue weighted by Gasteiger charge is 2.58. The van der Waals surface area contributed by atoms with Crippen LogP contribution in [0.25, 0.3) is 0 Å². The molecule has 0 aromatic carbocycles. The van der Waals surface area contributed by atoms with Gasteiger partial charge in [0.15, 0.2) is 12.1 Å². The number of hydrogen-bond donors (Lipinski definition) is 1. The minimum absolute atomic E-state index is 0.0194. The number of epoxide rings is 1. The SMILES string of the molecule is CC1(C)O[C@@H]2O[C@@H]([C@H]3CO3)[C@@H](O)[C@@H]2O1. The molecule has 0 bridgehead atoms. The fourth-order valence-corrected chi connectivity index (χ4v) is 2.07. The van der Waals surface area contributed by atoms with E-state index in [1.54, 1.807) is 0 Å². The molecule has 3 heterocycles. The van der Waals surface area contributed by atoms with Gasteiger partial charge < -0.3 is 24.1 Å². The summed E-state index contributed by atoms with van der Waals surface area (Å²) < 4.78 is 21.7. The minimum atomic E-state index is -0.661. The second kappa shape index (κ2) is 2.68. The molecule has 5 atom stereocenters. The summed E-state index contributed by atoms with van der Waals surface area (Å²) in [7, 11) is 0. The van der Waals surface area contributed by atoms with E-state index in [1.807, 2.05) is 13.8 Å². The van der Waals surface area contributed by atoms with E-state index < -0.39 is 18.2 Å². The number of ether oxygens (including phenoxy) is 4. The highest BCUT2D eigenvalue weighted by molar-refractivity contribution is 4.98. The van der Waals surface area contributed by atoms with E-state index in [0.717, 1.165) is 0 Å². The zero-order valence-electron chi connectivity index (χ0n) is 8.17. The van der Waals surface area contributed by atoms with E-state index in [9.17, 15) is 5.11 Å². The monoisotopic (exact) mass is 202 g/mol. The molecule has 1 N–H and O–H groups in total. The molecule has 3 saturated heterocycles. The summed E-state index contributed by atoms with van der Waals surface area (Å²) in [5.41, 5.74) is 0. The van der Waals surface area contributed by atoms with Crippen molar-refractivity contribution in [3.63, 3.8) is 0 Å². The summed E-state index contributed by atoms with van der Waals surface area (Å²) in [4.78, 5) is 0. The van der Waals surface area contributed by atoms with Crippen LogP contribution in [0.4, 0.5) is 0 Å². The normalized spacial score (nSPS) is 54.6. The van der Waals surface area contributed by atoms with Crippen LogP contribution in [0.3, 0.4) is 0 Å². The number of hydrogen-bond acceptors (Lipinski definition) is 5. The van der Waals surface area contributed by atoms with Gasteiger partial charge in [-0.25, -0.2) is 0 Å². The Hall–Kier alpha value is -0.200. The zero-order valence-corrected chi connectivity index (χ0v) is 8.17. The van der Waals surface area contributed by atoms with Crippen molar-refractivity contribution < 1.29 is 24.1 Å². The number of aliphatic hydroxyl groups excluding tert-OH is 1. The lowest BCUT2D eigenvalue weighted by molar-refractivity contribution is -0.216. The summed E-state index contributed by atoms with van der Waals surface area (Å²) in [5, 5.41) is 9.89. The highest BCUT2D eigenvalue weighted by atomic mass is 16.8. The predicted molar refractivity (Wildman–Crippen MR) is 44.4 cm³/mol. The third kappa shape index (κ3) is 1.28. The van der Waals surface area contributed by atoms with Crippen LogP contribution in [-0.2, 0) is 18.9 Å². The molecular formula is C9H14O5. The van der Waals surface area contributed by atoms with Gasteiger partial charge in [-0.05, 0) is 13.8 Å². The second-order valence-electron chi connectivity index (χ2n) is 4.43. The van der Waals surface area contributed by atoms with Crippen molar-refractivity contribution >= 4 is 0 Å². The fraction of sp³-hybridized carbons (Fsp3) is 1.00. The van der Waals surface area contributed by atoms with Gasteiger partial charge in [0.05, 0.1) is 6.61 Å². The topological polar surface area (TPSA) is 60.5 Å². The van der Waals surface area contributed by atoms with Gasteiger partial charge in [-0.1, -0.05) is 0 Å². The maximum absolute atomic E-state index is 9.89. The lowest BCUT2D eigenvalue weighted by Crippen LogP contribution is -2.37. The van der Waals surface area contributed by atoms with E-state index >= 15 is 0 Å². The molecule has 0 unspecified atom stereocenters. The molecule has 0 spiro atoms. The first-order chi connectivity index (χ1) is 6.57. The molecule has 3 rings (SSSR count). The molecule has 80 valence electrons. The van der Waals surface area contributed by atoms with Crippen LogP contribution >= 0.6 is 0 Å². The van der Waals surface area contributed by atoms with Gasteiger partial charge in [0.1, 0.15) is 24.4 Å². The lowest BCUT2D eigenvalue weighted by Gasteiger charge is -2.21. The predicted octanol–water partition coefficient (Wildman–Crippen LogP) is -0.378. The molecule has 14 heavy (non-hydrogen) atoms. The van der Waals surface area contributed by atoms with Gasteiger partial charge in [0.25, 0.3) is 0 Å². The molecule has 0 aromatic heterocycles. The fourth-order valence-electron chi connectivity index (χ4n) is 2.07. The van der Waals surface area contributed by atoms with Gasteiger partial charge >= 0.3 is 0 Å². The van der Waals surface area contributed by atoms with Gasteiger partial charge in [-0.15, -0.1) is 0 Å². The van der Waals surface area contributed by atoms with E-state index in [0.29, 0.717) is 6.61 Å². The Morgan fingerprint density at radius 3 is 2.50 bits per heavy atom. The second-order valence-corrected chi connectivity index (χ2v) is 4.43. The summed E-state index contributed by atoms with van der Waals surface area (Å²) in [6, 6.07) is 0. The van der Waals surface area contributed by atoms with Crippen LogP contribution < -0.4 is 0 Å². The Morgan fingerprint density at radius 1 is 1.21 bits per heavy atom. The first-order valence-corrected chi connectivity index (χ1v) is 4.88. The average molecular weight is 202 g/mol. The molecular weight excluding hydrogens is 188 g/mol. The molecule has 0 radical (unpaired) electrons. The third-order valence-electron chi connectivity index (χ3n) is 2.78. The molecule has 3 fully saturated rings. The van der Waals surface area contributed by atoms with Gasteiger partial charge in [0, 0.05) is 0 Å². The van der Waals surface area contributed by atoms with Crippen molar-refractivity contribution in [1.29, 1.82) is 0 Å². The Morgan fingerprint density at radius 2 is 1.93 bits per heavy atom. The van der Waals surface area contributed by atoms with Crippen molar-refractivity contribution in [1.82, 2.24) is 0 Å². The summed E-state index contributed by atoms with van der Waals surface area (Å²) in [6.45, 7) is 4.28. The lowest BCUT2D eigenvalue weighted by atomic mass is 10.1. The Kier molecular flexibility index (Phi) is 1.73. The Balaban J connectivity index is 1.74. The molecule has 0 aromatic rings. The maximum atomic E-state index is 9.89. The van der Waals surface area contributed by atoms with E-state index in [-0.39, 0.29) is 18.3 Å². The summed E-state index contributed by atoms with van der Waals surface area (Å²) >= 11 is 0. The zero-order chi connectivity index (χ0) is 9.92. The molecule has 0 saturated carbocycles. The van der Waals surface area contributed by atoms with Gasteiger partial charge in [-0.3, -0.25) is 0 Å². The maximum Gasteiger partial charge on any atom is 0.190 e. The molecule has 3 aliphatic rings. The van der Waals surface area contributed by atoms with E-state index in [2.05, 4.69) is 0 Å². The summed E-state index contributed by atoms with van der Waals surface area (Å²) in [6.07, 6.45) is -1.74. The molecule has 0 amide bonds. The van der Waals surface area contributed by atoms with Crippen LogP contribution in [0, 0.1) is 0 Å². The van der Waals surface area contributed by atoms with E-state index in [1.165, 1.54) is 0 Å². The van der Waals surface area contributed by atoms with Crippen molar-refractivity contribution in [2.75, 3.05) is 6.61 Å². The largest absolute Gasteiger partial charge is 0.387 e. The van der Waals surface area contributed by atoms with Crippen molar-refractivity contribution in [3.8, 4) is 0 Å². The number of aliphatic hydroxyl groups is 1. The standard InChI is InChI=1S/C9H14O5/c1-9(2)13-7-5(10)6(4-3-11-4)12-8(7)14-9/h4-8,10H,3H2,1-2H3/t4-,5-,6+,7+,8+/m1/s1. The van der Waals surface area contributed by atoms with Crippen LogP contribution in [0.5, 0.6) is 0 Å².